The Morgan fingerprint density at radius 2 is 0.841 bits per heavy atom. The third-order valence-electron chi connectivity index (χ3n) is 14.5. The highest BCUT2D eigenvalue weighted by Crippen LogP contribution is 2.51. The zero-order valence-electron chi connectivity index (χ0n) is 36.1. The highest BCUT2D eigenvalue weighted by atomic mass is 14.9. The third-order valence-corrected chi connectivity index (χ3v) is 14.5. The smallest absolute Gasteiger partial charge is 0.214 e. The molecule has 4 heteroatoms. The molecule has 0 N–H and O–H groups in total. The molecule has 4 nitrogen and oxygen atoms in total. The van der Waals surface area contributed by atoms with Crippen molar-refractivity contribution in [2.45, 2.75) is 33.6 Å². The summed E-state index contributed by atoms with van der Waals surface area (Å²) in [6.45, 7) is 6.56. The molecule has 0 fully saturated rings. The molecule has 63 heavy (non-hydrogen) atoms. The molecule has 0 saturated carbocycles. The molecule has 6 aromatic carbocycles. The van der Waals surface area contributed by atoms with Gasteiger partial charge in [0, 0.05) is 71.3 Å². The van der Waals surface area contributed by atoms with Gasteiger partial charge in [-0.2, -0.15) is 9.13 Å². The molecule has 4 aromatic heterocycles. The van der Waals surface area contributed by atoms with Crippen LogP contribution in [0.2, 0.25) is 0 Å². The lowest BCUT2D eigenvalue weighted by Crippen LogP contribution is -2.32. The topological polar surface area (TPSA) is 33.5 Å². The van der Waals surface area contributed by atoms with E-state index in [1.165, 1.54) is 145 Å². The predicted molar refractivity (Wildman–Crippen MR) is 256 cm³/mol. The van der Waals surface area contributed by atoms with E-state index in [0.29, 0.717) is 0 Å². The van der Waals surface area contributed by atoms with E-state index in [1.807, 2.05) is 12.3 Å². The van der Waals surface area contributed by atoms with E-state index in [1.54, 1.807) is 0 Å². The van der Waals surface area contributed by atoms with Gasteiger partial charge in [0.15, 0.2) is 0 Å². The van der Waals surface area contributed by atoms with Crippen LogP contribution < -0.4 is 9.13 Å². The number of pyridine rings is 4. The largest absolute Gasteiger partial charge is 0.260 e. The monoisotopic (exact) mass is 808 g/mol. The molecule has 0 unspecified atom stereocenters. The minimum Gasteiger partial charge on any atom is -0.260 e. The zero-order chi connectivity index (χ0) is 42.2. The standard InChI is InChI=1S/C30H23N2.C29H21N2/c1-17-11-13-21-22-14-12-18(2)31-26(22)15-24(21)29(17)28-16-25-20-8-5-4-7-19(20)23-9-6-10-27(30(23)25)32(28)3;1-17-12-13-20-21-10-6-14-30-25(21)15-23(20)28(17)27-16-24-19-8-4-3-7-18(19)22-9-5-11-26(29(22)24)31(27)2/h4-14,16H,15H2,1-3H3;3-14,16H,15H2,1-2H3/q2*+1. The Hall–Kier alpha value is -7.56. The number of nitrogens with zero attached hydrogens (tertiary/aromatic N) is 4. The SMILES string of the molecule is Cc1ccc2c(c1-c1cc3c4c(cccc4[n+]1C)-c1ccccc1-3)Cc1ncccc1-2.Cc1ccc2c(n1)Cc1c-2ccc(C)c1-c1cc2c3c(cccc3[n+]1C)-c1ccccc1-2. The molecule has 10 aromatic rings. The van der Waals surface area contributed by atoms with Gasteiger partial charge in [0.05, 0.1) is 33.3 Å². The summed E-state index contributed by atoms with van der Waals surface area (Å²) in [5.74, 6) is 0. The summed E-state index contributed by atoms with van der Waals surface area (Å²) in [5, 5.41) is 2.73. The summed E-state index contributed by atoms with van der Waals surface area (Å²) in [7, 11) is 4.42. The fourth-order valence-corrected chi connectivity index (χ4v) is 11.6. The molecule has 0 spiro atoms. The van der Waals surface area contributed by atoms with Crippen LogP contribution in [0.5, 0.6) is 0 Å². The average Bonchev–Trinajstić information content (AvgIpc) is 4.05. The summed E-state index contributed by atoms with van der Waals surface area (Å²) >= 11 is 0. The van der Waals surface area contributed by atoms with Crippen molar-refractivity contribution in [1.29, 1.82) is 0 Å². The maximum Gasteiger partial charge on any atom is 0.214 e. The maximum absolute atomic E-state index is 4.87. The Balaban J connectivity index is 0.000000128. The van der Waals surface area contributed by atoms with Crippen molar-refractivity contribution >= 4 is 21.8 Å². The molecule has 298 valence electrons. The second-order valence-corrected chi connectivity index (χ2v) is 17.9. The summed E-state index contributed by atoms with van der Waals surface area (Å²) in [5.41, 5.74) is 32.7. The van der Waals surface area contributed by atoms with Crippen LogP contribution >= 0.6 is 0 Å². The van der Waals surface area contributed by atoms with E-state index in [0.717, 1.165) is 18.5 Å². The van der Waals surface area contributed by atoms with E-state index >= 15 is 0 Å². The Morgan fingerprint density at radius 3 is 1.38 bits per heavy atom. The quantitative estimate of drug-likeness (QED) is 0.163. The number of fused-ring (bicyclic) bond motifs is 12. The van der Waals surface area contributed by atoms with Gasteiger partial charge >= 0.3 is 0 Å². The summed E-state index contributed by atoms with van der Waals surface area (Å²) in [6, 6.07) is 53.6. The van der Waals surface area contributed by atoms with Gasteiger partial charge in [-0.1, -0.05) is 109 Å². The second-order valence-electron chi connectivity index (χ2n) is 17.9. The van der Waals surface area contributed by atoms with Crippen molar-refractivity contribution in [3.8, 4) is 89.3 Å². The summed E-state index contributed by atoms with van der Waals surface area (Å²) in [4.78, 5) is 9.55. The minimum atomic E-state index is 0.895. The zero-order valence-corrected chi connectivity index (χ0v) is 36.1. The van der Waals surface area contributed by atoms with Crippen LogP contribution in [0.25, 0.3) is 111 Å². The summed E-state index contributed by atoms with van der Waals surface area (Å²) in [6.07, 6.45) is 3.70. The highest BCUT2D eigenvalue weighted by Gasteiger charge is 2.34. The Labute approximate surface area is 367 Å². The average molecular weight is 809 g/mol. The van der Waals surface area contributed by atoms with Gasteiger partial charge in [-0.05, 0) is 99.7 Å². The van der Waals surface area contributed by atoms with Crippen LogP contribution in [0.4, 0.5) is 0 Å². The van der Waals surface area contributed by atoms with Crippen LogP contribution in [-0.4, -0.2) is 9.97 Å². The van der Waals surface area contributed by atoms with Gasteiger partial charge in [-0.15, -0.1) is 0 Å². The van der Waals surface area contributed by atoms with E-state index < -0.39 is 0 Å². The fraction of sp³-hybridized carbons (Fsp3) is 0.119. The van der Waals surface area contributed by atoms with Crippen molar-refractivity contribution in [3.63, 3.8) is 0 Å². The number of rotatable bonds is 2. The molecular formula is C59H44N4+2. The van der Waals surface area contributed by atoms with Gasteiger partial charge in [0.2, 0.25) is 22.4 Å². The van der Waals surface area contributed by atoms with Crippen molar-refractivity contribution in [2.24, 2.45) is 14.1 Å². The first-order chi connectivity index (χ1) is 30.8. The van der Waals surface area contributed by atoms with Gasteiger partial charge in [-0.3, -0.25) is 9.97 Å². The number of hydrogen-bond acceptors (Lipinski definition) is 2. The molecule has 4 aliphatic rings. The molecule has 0 aliphatic heterocycles. The van der Waals surface area contributed by atoms with Gasteiger partial charge in [0.1, 0.15) is 14.1 Å². The van der Waals surface area contributed by atoms with Crippen molar-refractivity contribution in [3.05, 3.63) is 191 Å². The Morgan fingerprint density at radius 1 is 0.397 bits per heavy atom. The van der Waals surface area contributed by atoms with Crippen LogP contribution in [0, 0.1) is 20.8 Å². The highest BCUT2D eigenvalue weighted by molar-refractivity contribution is 6.15. The molecule has 4 heterocycles. The van der Waals surface area contributed by atoms with E-state index in [4.69, 9.17) is 4.98 Å². The minimum absolute atomic E-state index is 0.895. The van der Waals surface area contributed by atoms with Crippen molar-refractivity contribution in [2.75, 3.05) is 0 Å². The lowest BCUT2D eigenvalue weighted by molar-refractivity contribution is -0.633. The third kappa shape index (κ3) is 5.03. The lowest BCUT2D eigenvalue weighted by Gasteiger charge is -2.13. The molecular weight excluding hydrogens is 765 g/mol. The van der Waals surface area contributed by atoms with Crippen molar-refractivity contribution < 1.29 is 9.13 Å². The van der Waals surface area contributed by atoms with Crippen molar-refractivity contribution in [1.82, 2.24) is 9.97 Å². The van der Waals surface area contributed by atoms with Gasteiger partial charge in [0.25, 0.3) is 0 Å². The molecule has 0 radical (unpaired) electrons. The predicted octanol–water partition coefficient (Wildman–Crippen LogP) is 12.8. The number of benzene rings is 6. The fourth-order valence-electron chi connectivity index (χ4n) is 11.6. The van der Waals surface area contributed by atoms with Crippen LogP contribution in [0.1, 0.15) is 39.3 Å². The Bertz CT molecular complexity index is 3690. The second kappa shape index (κ2) is 13.2. The number of aromatic nitrogens is 4. The first-order valence-corrected chi connectivity index (χ1v) is 22.1. The molecule has 0 saturated heterocycles. The number of hydrogen-bond donors (Lipinski definition) is 0. The molecule has 0 amide bonds. The molecule has 0 bridgehead atoms. The number of aryl methyl sites for hydroxylation is 5. The first-order valence-electron chi connectivity index (χ1n) is 22.1. The Kier molecular flexibility index (Phi) is 7.58. The van der Waals surface area contributed by atoms with Gasteiger partial charge < -0.3 is 0 Å². The first kappa shape index (κ1) is 36.1. The van der Waals surface area contributed by atoms with E-state index in [2.05, 4.69) is 189 Å². The van der Waals surface area contributed by atoms with Crippen LogP contribution in [0.15, 0.2) is 152 Å². The van der Waals surface area contributed by atoms with Crippen LogP contribution in [-0.2, 0) is 26.9 Å². The lowest BCUT2D eigenvalue weighted by atomic mass is 9.92. The van der Waals surface area contributed by atoms with Crippen LogP contribution in [0.3, 0.4) is 0 Å². The molecule has 14 rings (SSSR count). The summed E-state index contributed by atoms with van der Waals surface area (Å²) < 4.78 is 4.77. The maximum atomic E-state index is 4.87. The van der Waals surface area contributed by atoms with E-state index in [-0.39, 0.29) is 0 Å². The molecule has 0 atom stereocenters. The molecule has 4 aliphatic carbocycles. The van der Waals surface area contributed by atoms with E-state index in [9.17, 15) is 0 Å². The van der Waals surface area contributed by atoms with Gasteiger partial charge in [-0.25, -0.2) is 0 Å². The normalized spacial score (nSPS) is 12.7.